The molecule has 158 valence electrons. The van der Waals surface area contributed by atoms with Gasteiger partial charge in [0.25, 0.3) is 0 Å². The molecule has 0 atom stereocenters. The Labute approximate surface area is 177 Å². The molecule has 0 bridgehead atoms. The van der Waals surface area contributed by atoms with E-state index in [1.807, 2.05) is 17.0 Å². The Kier molecular flexibility index (Phi) is 6.30. The molecule has 7 heteroatoms. The molecule has 3 amide bonds. The van der Waals surface area contributed by atoms with Gasteiger partial charge in [-0.05, 0) is 57.1 Å². The van der Waals surface area contributed by atoms with Gasteiger partial charge in [0.05, 0.1) is 16.3 Å². The number of urea groups is 1. The Morgan fingerprint density at radius 3 is 2.38 bits per heavy atom. The highest BCUT2D eigenvalue weighted by Crippen LogP contribution is 2.35. The van der Waals surface area contributed by atoms with Crippen LogP contribution in [0.25, 0.3) is 0 Å². The van der Waals surface area contributed by atoms with E-state index in [1.54, 1.807) is 17.0 Å². The van der Waals surface area contributed by atoms with E-state index >= 15 is 0 Å². The van der Waals surface area contributed by atoms with Gasteiger partial charge in [0.2, 0.25) is 5.91 Å². The molecular formula is C22H30ClN3O3. The molecule has 3 saturated heterocycles. The van der Waals surface area contributed by atoms with Crippen molar-refractivity contribution in [3.8, 4) is 0 Å². The smallest absolute Gasteiger partial charge is 0.321 e. The van der Waals surface area contributed by atoms with E-state index in [4.69, 9.17) is 16.3 Å². The van der Waals surface area contributed by atoms with Gasteiger partial charge >= 0.3 is 6.03 Å². The number of likely N-dealkylation sites (tertiary alicyclic amines) is 2. The first-order valence-electron chi connectivity index (χ1n) is 10.8. The predicted molar refractivity (Wildman–Crippen MR) is 113 cm³/mol. The van der Waals surface area contributed by atoms with Crippen LogP contribution in [0.2, 0.25) is 5.02 Å². The van der Waals surface area contributed by atoms with E-state index in [1.165, 1.54) is 6.42 Å². The van der Waals surface area contributed by atoms with Crippen molar-refractivity contribution in [3.63, 3.8) is 0 Å². The number of piperidine rings is 2. The summed E-state index contributed by atoms with van der Waals surface area (Å²) in [7, 11) is 0. The van der Waals surface area contributed by atoms with Crippen LogP contribution in [-0.4, -0.2) is 60.1 Å². The van der Waals surface area contributed by atoms with E-state index in [0.717, 1.165) is 45.4 Å². The first-order valence-corrected chi connectivity index (χ1v) is 11.2. The molecule has 1 aromatic carbocycles. The molecule has 6 nitrogen and oxygen atoms in total. The van der Waals surface area contributed by atoms with Crippen molar-refractivity contribution in [2.24, 2.45) is 5.92 Å². The van der Waals surface area contributed by atoms with Crippen LogP contribution >= 0.6 is 11.6 Å². The molecule has 29 heavy (non-hydrogen) atoms. The minimum absolute atomic E-state index is 0.0145. The predicted octanol–water partition coefficient (Wildman–Crippen LogP) is 4.15. The maximum Gasteiger partial charge on any atom is 0.321 e. The lowest BCUT2D eigenvalue weighted by Gasteiger charge is -2.45. The van der Waals surface area contributed by atoms with Gasteiger partial charge in [0.15, 0.2) is 0 Å². The van der Waals surface area contributed by atoms with E-state index < -0.39 is 0 Å². The molecule has 3 aliphatic rings. The number of carbonyl (C=O) groups is 2. The summed E-state index contributed by atoms with van der Waals surface area (Å²) in [4.78, 5) is 29.3. The Morgan fingerprint density at radius 1 is 1.00 bits per heavy atom. The largest absolute Gasteiger partial charge is 0.375 e. The van der Waals surface area contributed by atoms with Crippen molar-refractivity contribution >= 4 is 29.2 Å². The molecular weight excluding hydrogens is 390 g/mol. The molecule has 1 aromatic rings. The van der Waals surface area contributed by atoms with Crippen LogP contribution in [0.4, 0.5) is 10.5 Å². The molecule has 3 heterocycles. The highest BCUT2D eigenvalue weighted by Gasteiger charge is 2.39. The first-order chi connectivity index (χ1) is 14.1. The summed E-state index contributed by atoms with van der Waals surface area (Å²) >= 11 is 6.12. The van der Waals surface area contributed by atoms with Crippen LogP contribution in [0, 0.1) is 5.92 Å². The quantitative estimate of drug-likeness (QED) is 0.783. The topological polar surface area (TPSA) is 61.9 Å². The van der Waals surface area contributed by atoms with Crippen LogP contribution in [-0.2, 0) is 9.53 Å². The zero-order chi connectivity index (χ0) is 20.3. The number of nitrogens with one attached hydrogen (secondary N) is 1. The van der Waals surface area contributed by atoms with Crippen molar-refractivity contribution in [1.82, 2.24) is 9.80 Å². The van der Waals surface area contributed by atoms with Crippen molar-refractivity contribution < 1.29 is 14.3 Å². The third kappa shape index (κ3) is 4.69. The van der Waals surface area contributed by atoms with Gasteiger partial charge in [0, 0.05) is 38.7 Å². The highest BCUT2D eigenvalue weighted by molar-refractivity contribution is 6.33. The molecule has 0 unspecified atom stereocenters. The lowest BCUT2D eigenvalue weighted by Crippen LogP contribution is -2.52. The molecule has 0 aliphatic carbocycles. The third-order valence-electron chi connectivity index (χ3n) is 6.67. The summed E-state index contributed by atoms with van der Waals surface area (Å²) in [5.74, 6) is 0.266. The van der Waals surface area contributed by atoms with Gasteiger partial charge in [-0.15, -0.1) is 0 Å². The fourth-order valence-electron chi connectivity index (χ4n) is 4.78. The minimum Gasteiger partial charge on any atom is -0.375 e. The van der Waals surface area contributed by atoms with E-state index in [-0.39, 0.29) is 23.5 Å². The number of nitrogens with zero attached hydrogens (tertiary/aromatic N) is 2. The second-order valence-electron chi connectivity index (χ2n) is 8.49. The number of ether oxygens (including phenoxy) is 1. The molecule has 0 saturated carbocycles. The lowest BCUT2D eigenvalue weighted by molar-refractivity contribution is -0.147. The van der Waals surface area contributed by atoms with Crippen LogP contribution < -0.4 is 5.32 Å². The number of rotatable bonds is 2. The molecule has 3 aliphatic heterocycles. The number of para-hydroxylation sites is 1. The van der Waals surface area contributed by atoms with Gasteiger partial charge < -0.3 is 19.9 Å². The SMILES string of the molecule is O=C(Nc1ccccc1Cl)N1CCC(C(=O)N2CCC3(CCCCO3)CC2)CC1. The van der Waals surface area contributed by atoms with Crippen molar-refractivity contribution in [1.29, 1.82) is 0 Å². The summed E-state index contributed by atoms with van der Waals surface area (Å²) in [5, 5.41) is 3.39. The van der Waals surface area contributed by atoms with Crippen LogP contribution in [0.5, 0.6) is 0 Å². The Bertz CT molecular complexity index is 733. The average molecular weight is 420 g/mol. The van der Waals surface area contributed by atoms with Gasteiger partial charge in [-0.2, -0.15) is 0 Å². The van der Waals surface area contributed by atoms with Gasteiger partial charge in [-0.3, -0.25) is 4.79 Å². The van der Waals surface area contributed by atoms with Crippen LogP contribution in [0.15, 0.2) is 24.3 Å². The van der Waals surface area contributed by atoms with Crippen molar-refractivity contribution in [2.45, 2.75) is 50.5 Å². The number of amides is 3. The summed E-state index contributed by atoms with van der Waals surface area (Å²) in [6.07, 6.45) is 6.87. The molecule has 0 radical (unpaired) electrons. The Hall–Kier alpha value is -1.79. The maximum absolute atomic E-state index is 13.0. The first kappa shape index (κ1) is 20.5. The summed E-state index contributed by atoms with van der Waals surface area (Å²) < 4.78 is 6.08. The number of hydrogen-bond donors (Lipinski definition) is 1. The summed E-state index contributed by atoms with van der Waals surface area (Å²) in [6, 6.07) is 7.06. The standard InChI is InChI=1S/C22H30ClN3O3/c23-18-5-1-2-6-19(18)24-21(28)26-12-7-17(8-13-26)20(27)25-14-10-22(11-15-25)9-3-4-16-29-22/h1-2,5-6,17H,3-4,7-16H2,(H,24,28). The van der Waals surface area contributed by atoms with Gasteiger partial charge in [0.1, 0.15) is 0 Å². The molecule has 0 aromatic heterocycles. The maximum atomic E-state index is 13.0. The highest BCUT2D eigenvalue weighted by atomic mass is 35.5. The Morgan fingerprint density at radius 2 is 1.72 bits per heavy atom. The zero-order valence-electron chi connectivity index (χ0n) is 16.9. The number of anilines is 1. The van der Waals surface area contributed by atoms with Crippen LogP contribution in [0.1, 0.15) is 44.9 Å². The zero-order valence-corrected chi connectivity index (χ0v) is 17.6. The molecule has 3 fully saturated rings. The molecule has 1 N–H and O–H groups in total. The minimum atomic E-state index is -0.154. The van der Waals surface area contributed by atoms with Crippen LogP contribution in [0.3, 0.4) is 0 Å². The third-order valence-corrected chi connectivity index (χ3v) is 7.00. The molecule has 1 spiro atoms. The summed E-state index contributed by atoms with van der Waals surface area (Å²) in [5.41, 5.74) is 0.638. The number of hydrogen-bond acceptors (Lipinski definition) is 3. The number of carbonyl (C=O) groups excluding carboxylic acids is 2. The lowest BCUT2D eigenvalue weighted by atomic mass is 9.84. The van der Waals surface area contributed by atoms with Gasteiger partial charge in [-0.1, -0.05) is 23.7 Å². The normalized spacial score (nSPS) is 22.5. The number of halogens is 1. The summed E-state index contributed by atoms with van der Waals surface area (Å²) in [6.45, 7) is 3.64. The fourth-order valence-corrected chi connectivity index (χ4v) is 4.97. The second kappa shape index (κ2) is 8.92. The Balaban J connectivity index is 1.24. The van der Waals surface area contributed by atoms with Gasteiger partial charge in [-0.25, -0.2) is 4.79 Å². The van der Waals surface area contributed by atoms with Crippen molar-refractivity contribution in [2.75, 3.05) is 38.1 Å². The van der Waals surface area contributed by atoms with E-state index in [2.05, 4.69) is 5.32 Å². The second-order valence-corrected chi connectivity index (χ2v) is 8.89. The number of benzene rings is 1. The van der Waals surface area contributed by atoms with E-state index in [9.17, 15) is 9.59 Å². The fraction of sp³-hybridized carbons (Fsp3) is 0.636. The average Bonchev–Trinajstić information content (AvgIpc) is 2.76. The van der Waals surface area contributed by atoms with E-state index in [0.29, 0.717) is 36.6 Å². The van der Waals surface area contributed by atoms with Crippen molar-refractivity contribution in [3.05, 3.63) is 29.3 Å². The monoisotopic (exact) mass is 419 g/mol. The molecule has 4 rings (SSSR count).